The van der Waals surface area contributed by atoms with Gasteiger partial charge in [-0.15, -0.1) is 0 Å². The molecule has 0 aliphatic carbocycles. The number of nitrogens with one attached hydrogen (secondary N) is 2. The van der Waals surface area contributed by atoms with Crippen LogP contribution in [0.15, 0.2) is 24.4 Å². The van der Waals surface area contributed by atoms with Crippen molar-refractivity contribution in [3.63, 3.8) is 0 Å². The van der Waals surface area contributed by atoms with Crippen LogP contribution in [0.5, 0.6) is 0 Å². The number of benzene rings is 1. The number of thiazole rings is 1. The van der Waals surface area contributed by atoms with Gasteiger partial charge >= 0.3 is 6.03 Å². The lowest BCUT2D eigenvalue weighted by Crippen LogP contribution is -2.43. The predicted octanol–water partition coefficient (Wildman–Crippen LogP) is 4.52. The molecule has 0 saturated carbocycles. The van der Waals surface area contributed by atoms with Crippen LogP contribution in [0.3, 0.4) is 0 Å². The minimum atomic E-state index is -0.654. The van der Waals surface area contributed by atoms with Gasteiger partial charge in [0, 0.05) is 61.0 Å². The van der Waals surface area contributed by atoms with E-state index in [1.807, 2.05) is 23.2 Å². The van der Waals surface area contributed by atoms with Crippen molar-refractivity contribution < 1.29 is 13.6 Å². The third-order valence-electron chi connectivity index (χ3n) is 7.92. The first-order chi connectivity index (χ1) is 18.0. The number of halogens is 2. The Hall–Kier alpha value is -2.56. The molecule has 1 aromatic carbocycles. The standard InChI is InChI=1S/C27H34F2N6OS/c28-19-6-12-33(13-7-19)11-2-10-31-26(36)34-14-8-24-25(17-34)37-27-32-23(16-35(24)27)20-5-4-18(15-21(20)29)22-3-1-9-30-22/h4-5,15-16,19,22,30H,1-3,6-14,17H2,(H,31,36). The minimum absolute atomic E-state index is 0.0428. The van der Waals surface area contributed by atoms with Crippen molar-refractivity contribution in [3.05, 3.63) is 46.3 Å². The Bertz CT molecular complexity index is 1260. The highest BCUT2D eigenvalue weighted by atomic mass is 32.1. The molecule has 7 nitrogen and oxygen atoms in total. The summed E-state index contributed by atoms with van der Waals surface area (Å²) >= 11 is 1.57. The molecule has 37 heavy (non-hydrogen) atoms. The van der Waals surface area contributed by atoms with Gasteiger partial charge in [-0.05, 0) is 62.9 Å². The maximum Gasteiger partial charge on any atom is 0.317 e. The molecule has 1 unspecified atom stereocenters. The van der Waals surface area contributed by atoms with Gasteiger partial charge in [-0.1, -0.05) is 17.4 Å². The number of imidazole rings is 1. The molecule has 198 valence electrons. The molecule has 2 fully saturated rings. The van der Waals surface area contributed by atoms with Crippen molar-refractivity contribution in [2.24, 2.45) is 0 Å². The third kappa shape index (κ3) is 5.24. The maximum atomic E-state index is 15.0. The molecular weight excluding hydrogens is 494 g/mol. The molecule has 3 aromatic rings. The zero-order valence-electron chi connectivity index (χ0n) is 21.0. The fraction of sp³-hybridized carbons (Fsp3) is 0.556. The summed E-state index contributed by atoms with van der Waals surface area (Å²) in [6, 6.07) is 5.69. The van der Waals surface area contributed by atoms with Gasteiger partial charge < -0.3 is 20.4 Å². The van der Waals surface area contributed by atoms with E-state index >= 15 is 4.39 Å². The number of carbonyl (C=O) groups excluding carboxylic acids is 1. The highest BCUT2D eigenvalue weighted by Gasteiger charge is 2.26. The van der Waals surface area contributed by atoms with E-state index in [-0.39, 0.29) is 17.9 Å². The fourth-order valence-electron chi connectivity index (χ4n) is 5.77. The molecule has 2 aromatic heterocycles. The first-order valence-electron chi connectivity index (χ1n) is 13.5. The first-order valence-corrected chi connectivity index (χ1v) is 14.3. The number of hydrogen-bond acceptors (Lipinski definition) is 5. The molecule has 6 rings (SSSR count). The molecular formula is C27H34F2N6OS. The molecule has 5 heterocycles. The van der Waals surface area contributed by atoms with Crippen molar-refractivity contribution in [2.45, 2.75) is 57.3 Å². The molecule has 0 radical (unpaired) electrons. The van der Waals surface area contributed by atoms with Crippen LogP contribution in [0.1, 0.15) is 54.3 Å². The van der Waals surface area contributed by atoms with E-state index in [2.05, 4.69) is 19.9 Å². The largest absolute Gasteiger partial charge is 0.338 e. The number of aromatic nitrogens is 2. The van der Waals surface area contributed by atoms with Crippen molar-refractivity contribution >= 4 is 22.3 Å². The molecule has 2 amide bonds. The van der Waals surface area contributed by atoms with Crippen LogP contribution in [0, 0.1) is 5.82 Å². The molecule has 10 heteroatoms. The van der Waals surface area contributed by atoms with Crippen molar-refractivity contribution in [2.75, 3.05) is 39.3 Å². The highest BCUT2D eigenvalue weighted by Crippen LogP contribution is 2.33. The Morgan fingerprint density at radius 2 is 2.08 bits per heavy atom. The maximum absolute atomic E-state index is 15.0. The summed E-state index contributed by atoms with van der Waals surface area (Å²) in [5.41, 5.74) is 3.33. The Morgan fingerprint density at radius 3 is 2.86 bits per heavy atom. The SMILES string of the molecule is O=C(NCCCN1CCC(F)CC1)N1CCc2c(sc3nc(-c4ccc(C5CCCN5)cc4F)cn23)C1. The number of fused-ring (bicyclic) bond motifs is 3. The van der Waals surface area contributed by atoms with Crippen LogP contribution < -0.4 is 10.6 Å². The van der Waals surface area contributed by atoms with Crippen LogP contribution in [-0.2, 0) is 13.0 Å². The van der Waals surface area contributed by atoms with Crippen molar-refractivity contribution in [1.82, 2.24) is 29.8 Å². The smallest absolute Gasteiger partial charge is 0.317 e. The average Bonchev–Trinajstić information content (AvgIpc) is 3.64. The Morgan fingerprint density at radius 1 is 1.22 bits per heavy atom. The summed E-state index contributed by atoms with van der Waals surface area (Å²) in [7, 11) is 0. The van der Waals surface area contributed by atoms with E-state index in [0.29, 0.717) is 43.7 Å². The second kappa shape index (κ2) is 10.7. The van der Waals surface area contributed by atoms with Crippen LogP contribution >= 0.6 is 11.3 Å². The van der Waals surface area contributed by atoms with Crippen LogP contribution in [-0.4, -0.2) is 70.7 Å². The van der Waals surface area contributed by atoms with E-state index in [9.17, 15) is 9.18 Å². The fourth-order valence-corrected chi connectivity index (χ4v) is 6.94. The molecule has 0 spiro atoms. The molecule has 3 aliphatic heterocycles. The van der Waals surface area contributed by atoms with E-state index in [4.69, 9.17) is 4.98 Å². The molecule has 2 N–H and O–H groups in total. The summed E-state index contributed by atoms with van der Waals surface area (Å²) in [6.45, 7) is 5.31. The van der Waals surface area contributed by atoms with E-state index < -0.39 is 6.17 Å². The number of amides is 2. The van der Waals surface area contributed by atoms with Gasteiger partial charge in [0.15, 0.2) is 4.96 Å². The number of nitrogens with zero attached hydrogens (tertiary/aromatic N) is 4. The second-order valence-corrected chi connectivity index (χ2v) is 11.5. The lowest BCUT2D eigenvalue weighted by Gasteiger charge is -2.29. The number of alkyl halides is 1. The second-order valence-electron chi connectivity index (χ2n) is 10.4. The number of piperidine rings is 1. The lowest BCUT2D eigenvalue weighted by molar-refractivity contribution is 0.149. The normalized spacial score (nSPS) is 21.0. The van der Waals surface area contributed by atoms with E-state index in [1.165, 1.54) is 0 Å². The summed E-state index contributed by atoms with van der Waals surface area (Å²) in [4.78, 5) is 23.6. The monoisotopic (exact) mass is 528 g/mol. The summed E-state index contributed by atoms with van der Waals surface area (Å²) in [6.07, 6.45) is 6.28. The van der Waals surface area contributed by atoms with Crippen LogP contribution in [0.2, 0.25) is 0 Å². The van der Waals surface area contributed by atoms with Gasteiger partial charge in [-0.3, -0.25) is 4.40 Å². The summed E-state index contributed by atoms with van der Waals surface area (Å²) in [5.74, 6) is -0.236. The molecule has 2 saturated heterocycles. The number of rotatable bonds is 6. The Labute approximate surface area is 219 Å². The van der Waals surface area contributed by atoms with Gasteiger partial charge in [0.2, 0.25) is 0 Å². The van der Waals surface area contributed by atoms with Gasteiger partial charge in [0.05, 0.1) is 12.2 Å². The average molecular weight is 529 g/mol. The summed E-state index contributed by atoms with van der Waals surface area (Å²) in [5, 5.41) is 6.46. The Balaban J connectivity index is 1.06. The molecule has 0 bridgehead atoms. The predicted molar refractivity (Wildman–Crippen MR) is 141 cm³/mol. The zero-order chi connectivity index (χ0) is 25.4. The number of urea groups is 1. The lowest BCUT2D eigenvalue weighted by atomic mass is 10.0. The van der Waals surface area contributed by atoms with Gasteiger partial charge in [-0.2, -0.15) is 0 Å². The Kier molecular flexibility index (Phi) is 7.14. The molecule has 1 atom stereocenters. The van der Waals surface area contributed by atoms with Crippen LogP contribution in [0.4, 0.5) is 13.6 Å². The topological polar surface area (TPSA) is 64.9 Å². The zero-order valence-corrected chi connectivity index (χ0v) is 21.8. The van der Waals surface area contributed by atoms with Crippen molar-refractivity contribution in [1.29, 1.82) is 0 Å². The third-order valence-corrected chi connectivity index (χ3v) is 9.00. The number of carbonyl (C=O) groups is 1. The van der Waals surface area contributed by atoms with E-state index in [0.717, 1.165) is 73.0 Å². The quantitative estimate of drug-likeness (QED) is 0.462. The minimum Gasteiger partial charge on any atom is -0.338 e. The summed E-state index contributed by atoms with van der Waals surface area (Å²) < 4.78 is 30.4. The number of likely N-dealkylation sites (tertiary alicyclic amines) is 1. The van der Waals surface area contributed by atoms with Crippen molar-refractivity contribution in [3.8, 4) is 11.3 Å². The first kappa shape index (κ1) is 24.8. The van der Waals surface area contributed by atoms with Gasteiger partial charge in [-0.25, -0.2) is 18.6 Å². The van der Waals surface area contributed by atoms with Gasteiger partial charge in [0.25, 0.3) is 0 Å². The highest BCUT2D eigenvalue weighted by molar-refractivity contribution is 7.17. The van der Waals surface area contributed by atoms with Crippen LogP contribution in [0.25, 0.3) is 16.2 Å². The van der Waals surface area contributed by atoms with E-state index in [1.54, 1.807) is 17.4 Å². The molecule has 3 aliphatic rings. The number of hydrogen-bond donors (Lipinski definition) is 2. The van der Waals surface area contributed by atoms with Gasteiger partial charge in [0.1, 0.15) is 12.0 Å².